The van der Waals surface area contributed by atoms with Crippen LogP contribution in [0.15, 0.2) is 0 Å². The number of halogens is 1. The molecule has 0 spiro atoms. The average Bonchev–Trinajstić information content (AvgIpc) is 2.38. The van der Waals surface area contributed by atoms with Crippen molar-refractivity contribution in [2.24, 2.45) is 0 Å². The third-order valence-corrected chi connectivity index (χ3v) is 11.8. The standard InChI is InChI=1S/C17H37OSi.BrH.Mg/c1-7-8-9-10-11-12-13-14-15-16-18-19(5,6)17(2,3)4;;/h1,7-16H2,2-6H3;1H;/q;;+1/p-1. The summed E-state index contributed by atoms with van der Waals surface area (Å²) in [5, 5.41) is 0.351. The Balaban J connectivity index is 3.30. The third kappa shape index (κ3) is 12.5. The van der Waals surface area contributed by atoms with Gasteiger partial charge in [0.15, 0.2) is 8.32 Å². The highest BCUT2D eigenvalue weighted by atomic mass is 79.9. The fourth-order valence-electron chi connectivity index (χ4n) is 2.15. The smallest absolute Gasteiger partial charge is 0.417 e. The molecule has 0 aliphatic rings. The van der Waals surface area contributed by atoms with Crippen LogP contribution < -0.4 is 0 Å². The van der Waals surface area contributed by atoms with E-state index in [-0.39, 0.29) is 18.2 Å². The first-order valence-electron chi connectivity index (χ1n) is 9.01. The first-order chi connectivity index (χ1) is 9.81. The molecule has 4 heteroatoms. The van der Waals surface area contributed by atoms with E-state index in [1.165, 1.54) is 62.3 Å². The molecule has 0 fully saturated rings. The van der Waals surface area contributed by atoms with Gasteiger partial charge < -0.3 is 17.3 Å². The largest absolute Gasteiger partial charge is 0.468 e. The Hall–Kier alpha value is 1.42. The molecule has 0 aliphatic heterocycles. The van der Waals surface area contributed by atoms with E-state index in [0.29, 0.717) is 5.04 Å². The topological polar surface area (TPSA) is 9.23 Å². The van der Waals surface area contributed by atoms with Gasteiger partial charge in [-0.25, -0.2) is 0 Å². The van der Waals surface area contributed by atoms with E-state index in [0.717, 1.165) is 6.61 Å². The number of rotatable bonds is 13. The minimum Gasteiger partial charge on any atom is -0.417 e. The lowest BCUT2D eigenvalue weighted by molar-refractivity contribution is 0.277. The zero-order valence-electron chi connectivity index (χ0n) is 15.3. The highest BCUT2D eigenvalue weighted by Crippen LogP contribution is 2.36. The molecule has 0 aromatic carbocycles. The Morgan fingerprint density at radius 1 is 0.810 bits per heavy atom. The molecule has 0 saturated heterocycles. The van der Waals surface area contributed by atoms with Crippen LogP contribution in [0.3, 0.4) is 0 Å². The van der Waals surface area contributed by atoms with Gasteiger partial charge in [0, 0.05) is 6.61 Å². The fraction of sp³-hybridized carbons (Fsp3) is 1.00. The first-order valence-corrected chi connectivity index (χ1v) is 16.8. The number of hydrogen-bond donors (Lipinski definition) is 0. The summed E-state index contributed by atoms with van der Waals surface area (Å²) in [7, 11) is -1.50. The van der Waals surface area contributed by atoms with Gasteiger partial charge in [-0.1, -0.05) is 72.1 Å². The zero-order chi connectivity index (χ0) is 16.2. The summed E-state index contributed by atoms with van der Waals surface area (Å²) in [5.41, 5.74) is 0. The van der Waals surface area contributed by atoms with Crippen molar-refractivity contribution in [2.75, 3.05) is 6.61 Å². The zero-order valence-corrected chi connectivity index (χ0v) is 19.3. The minimum atomic E-state index is -1.50. The predicted molar refractivity (Wildman–Crippen MR) is 104 cm³/mol. The van der Waals surface area contributed by atoms with Crippen LogP contribution in [0.4, 0.5) is 0 Å². The quantitative estimate of drug-likeness (QED) is 0.244. The second kappa shape index (κ2) is 12.8. The second-order valence-corrected chi connectivity index (χ2v) is 16.1. The Labute approximate surface area is 151 Å². The van der Waals surface area contributed by atoms with E-state index in [1.807, 2.05) is 0 Å². The Bertz CT molecular complexity index is 241. The molecule has 0 unspecified atom stereocenters. The van der Waals surface area contributed by atoms with Crippen LogP contribution in [0.5, 0.6) is 0 Å². The van der Waals surface area contributed by atoms with E-state index < -0.39 is 8.32 Å². The van der Waals surface area contributed by atoms with Crippen molar-refractivity contribution < 1.29 is 4.43 Å². The minimum absolute atomic E-state index is 0.142. The van der Waals surface area contributed by atoms with Crippen LogP contribution in [0, 0.1) is 0 Å². The summed E-state index contributed by atoms with van der Waals surface area (Å²) in [4.78, 5) is 0. The molecule has 0 bridgehead atoms. The summed E-state index contributed by atoms with van der Waals surface area (Å²) in [6, 6.07) is 0. The average molecular weight is 390 g/mol. The third-order valence-electron chi connectivity index (χ3n) is 4.80. The first kappa shape index (κ1) is 22.4. The fourth-order valence-corrected chi connectivity index (χ4v) is 4.97. The van der Waals surface area contributed by atoms with E-state index >= 15 is 0 Å². The van der Waals surface area contributed by atoms with Crippen molar-refractivity contribution in [1.29, 1.82) is 0 Å². The highest BCUT2D eigenvalue weighted by molar-refractivity contribution is 9.23. The maximum atomic E-state index is 6.21. The van der Waals surface area contributed by atoms with E-state index in [2.05, 4.69) is 46.7 Å². The molecule has 0 atom stereocenters. The van der Waals surface area contributed by atoms with Gasteiger partial charge in [-0.2, -0.15) is 0 Å². The van der Waals surface area contributed by atoms with Crippen molar-refractivity contribution in [3.8, 4) is 0 Å². The molecule has 0 saturated carbocycles. The van der Waals surface area contributed by atoms with E-state index in [4.69, 9.17) is 4.43 Å². The molecule has 0 rings (SSSR count). The number of hydrogen-bond acceptors (Lipinski definition) is 1. The molecule has 124 valence electrons. The maximum Gasteiger partial charge on any atom is 0.468 e. The lowest BCUT2D eigenvalue weighted by Gasteiger charge is -2.36. The summed E-state index contributed by atoms with van der Waals surface area (Å²) < 4.78 is 7.70. The summed E-state index contributed by atoms with van der Waals surface area (Å²) >= 11 is 3.77. The van der Waals surface area contributed by atoms with Gasteiger partial charge in [-0.3, -0.25) is 0 Å². The van der Waals surface area contributed by atoms with Gasteiger partial charge in [-0.05, 0) is 24.6 Å². The monoisotopic (exact) mass is 388 g/mol. The molecular formula is C17H37BrMgOSi. The van der Waals surface area contributed by atoms with Crippen LogP contribution in [0.1, 0.15) is 78.6 Å². The lowest BCUT2D eigenvalue weighted by Crippen LogP contribution is -2.40. The molecule has 0 N–H and O–H groups in total. The van der Waals surface area contributed by atoms with Gasteiger partial charge in [0.2, 0.25) is 0 Å². The van der Waals surface area contributed by atoms with Crippen molar-refractivity contribution in [3.05, 3.63) is 0 Å². The van der Waals surface area contributed by atoms with E-state index in [1.54, 1.807) is 0 Å². The van der Waals surface area contributed by atoms with Crippen LogP contribution in [-0.2, 0) is 4.43 Å². The molecule has 0 amide bonds. The molecule has 1 nitrogen and oxygen atoms in total. The number of unbranched alkanes of at least 4 members (excludes halogenated alkanes) is 8. The van der Waals surface area contributed by atoms with Crippen LogP contribution >= 0.6 is 12.9 Å². The van der Waals surface area contributed by atoms with Crippen molar-refractivity contribution in [3.63, 3.8) is 0 Å². The van der Waals surface area contributed by atoms with Crippen molar-refractivity contribution >= 4 is 39.4 Å². The molecule has 0 heterocycles. The van der Waals surface area contributed by atoms with Crippen LogP contribution in [0.2, 0.25) is 22.7 Å². The summed E-state index contributed by atoms with van der Waals surface area (Å²) in [6.07, 6.45) is 12.7. The molecule has 0 radical (unpaired) electrons. The van der Waals surface area contributed by atoms with E-state index in [9.17, 15) is 0 Å². The second-order valence-electron chi connectivity index (χ2n) is 7.83. The summed E-state index contributed by atoms with van der Waals surface area (Å²) in [6.45, 7) is 12.6. The van der Waals surface area contributed by atoms with Crippen LogP contribution in [-0.4, -0.2) is 33.1 Å². The molecule has 0 aliphatic carbocycles. The highest BCUT2D eigenvalue weighted by Gasteiger charge is 2.36. The Morgan fingerprint density at radius 3 is 1.67 bits per heavy atom. The van der Waals surface area contributed by atoms with Crippen molar-refractivity contribution in [1.82, 2.24) is 0 Å². The molecular weight excluding hydrogens is 352 g/mol. The van der Waals surface area contributed by atoms with Gasteiger partial charge in [0.1, 0.15) is 0 Å². The Kier molecular flexibility index (Phi) is 13.7. The van der Waals surface area contributed by atoms with Crippen molar-refractivity contribution in [2.45, 2.75) is 101 Å². The SMILES string of the molecule is CC(C)(C)[Si](C)(C)OCCCCCCCCCC[CH2][Mg][Br]. The Morgan fingerprint density at radius 2 is 1.24 bits per heavy atom. The molecule has 0 aromatic heterocycles. The predicted octanol–water partition coefficient (Wildman–Crippen LogP) is 6.95. The summed E-state index contributed by atoms with van der Waals surface area (Å²) in [5.74, 6) is 0. The van der Waals surface area contributed by atoms with Gasteiger partial charge in [-0.15, -0.1) is 4.55 Å². The normalized spacial score (nSPS) is 12.5. The lowest BCUT2D eigenvalue weighted by atomic mass is 10.1. The van der Waals surface area contributed by atoms with Crippen LogP contribution in [0.25, 0.3) is 0 Å². The van der Waals surface area contributed by atoms with Gasteiger partial charge >= 0.3 is 18.2 Å². The van der Waals surface area contributed by atoms with Gasteiger partial charge in [0.05, 0.1) is 0 Å². The van der Waals surface area contributed by atoms with Gasteiger partial charge in [0.25, 0.3) is 0 Å². The maximum absolute atomic E-state index is 6.21. The molecule has 21 heavy (non-hydrogen) atoms. The molecule has 0 aromatic rings.